The van der Waals surface area contributed by atoms with Crippen LogP contribution in [0.4, 0.5) is 9.18 Å². The van der Waals surface area contributed by atoms with E-state index in [-0.39, 0.29) is 30.0 Å². The standard InChI is InChI=1S/C33H44FN3O2/c34-29-8-6-24(7-9-29)14-25-10-12-37(13-11-25)30(18-23-4-2-1-3-5-23)31(38)22-35-32(39)36-33-19-26-15-27(20-33)17-28(16-26)21-33/h1-9,25-28,30-31,38H,10-22H2,(H2,35,36,39). The van der Waals surface area contributed by atoms with Gasteiger partial charge in [0.05, 0.1) is 6.10 Å². The summed E-state index contributed by atoms with van der Waals surface area (Å²) in [5, 5.41) is 17.8. The summed E-state index contributed by atoms with van der Waals surface area (Å²) in [6.45, 7) is 2.09. The average molecular weight is 534 g/mol. The van der Waals surface area contributed by atoms with Crippen molar-refractivity contribution in [3.8, 4) is 0 Å². The monoisotopic (exact) mass is 533 g/mol. The second-order valence-corrected chi connectivity index (χ2v) is 13.2. The minimum atomic E-state index is -0.652. The van der Waals surface area contributed by atoms with Crippen LogP contribution in [0.15, 0.2) is 54.6 Å². The largest absolute Gasteiger partial charge is 0.390 e. The molecule has 5 nitrogen and oxygen atoms in total. The number of nitrogens with one attached hydrogen (secondary N) is 2. The zero-order chi connectivity index (χ0) is 26.8. The SMILES string of the molecule is O=C(NCC(O)C(Cc1ccccc1)N1CCC(Cc2ccc(F)cc2)CC1)NC12CC3CC(CC(C3)C1)C2. The van der Waals surface area contributed by atoms with E-state index in [0.717, 1.165) is 75.8 Å². The van der Waals surface area contributed by atoms with Crippen LogP contribution >= 0.6 is 0 Å². The number of nitrogens with zero attached hydrogens (tertiary/aromatic N) is 1. The second kappa shape index (κ2) is 11.6. The van der Waals surface area contributed by atoms with Crippen molar-refractivity contribution in [3.05, 3.63) is 71.5 Å². The van der Waals surface area contributed by atoms with Gasteiger partial charge in [-0.15, -0.1) is 0 Å². The van der Waals surface area contributed by atoms with Gasteiger partial charge in [0.2, 0.25) is 0 Å². The molecule has 5 fully saturated rings. The third kappa shape index (κ3) is 6.49. The van der Waals surface area contributed by atoms with E-state index in [9.17, 15) is 14.3 Å². The highest BCUT2D eigenvalue weighted by Gasteiger charge is 2.51. The van der Waals surface area contributed by atoms with Crippen molar-refractivity contribution in [2.75, 3.05) is 19.6 Å². The van der Waals surface area contributed by atoms with Crippen molar-refractivity contribution >= 4 is 6.03 Å². The van der Waals surface area contributed by atoms with E-state index in [0.29, 0.717) is 5.92 Å². The van der Waals surface area contributed by atoms with Gasteiger partial charge in [0.25, 0.3) is 0 Å². The Kier molecular flexibility index (Phi) is 7.95. The van der Waals surface area contributed by atoms with Crippen LogP contribution in [-0.2, 0) is 12.8 Å². The molecule has 2 atom stereocenters. The van der Waals surface area contributed by atoms with Gasteiger partial charge in [-0.3, -0.25) is 4.90 Å². The van der Waals surface area contributed by atoms with Gasteiger partial charge in [-0.1, -0.05) is 42.5 Å². The minimum Gasteiger partial charge on any atom is -0.390 e. The molecule has 6 heteroatoms. The number of carbonyl (C=O) groups excluding carboxylic acids is 1. The first-order chi connectivity index (χ1) is 18.9. The second-order valence-electron chi connectivity index (χ2n) is 13.2. The summed E-state index contributed by atoms with van der Waals surface area (Å²) < 4.78 is 13.3. The van der Waals surface area contributed by atoms with Crippen LogP contribution in [-0.4, -0.2) is 53.4 Å². The molecule has 2 aromatic rings. The van der Waals surface area contributed by atoms with Gasteiger partial charge >= 0.3 is 6.03 Å². The molecule has 2 amide bonds. The van der Waals surface area contributed by atoms with Gasteiger partial charge in [-0.25, -0.2) is 9.18 Å². The number of amides is 2. The summed E-state index contributed by atoms with van der Waals surface area (Å²) in [6, 6.07) is 17.1. The number of urea groups is 1. The predicted molar refractivity (Wildman–Crippen MR) is 152 cm³/mol. The maximum Gasteiger partial charge on any atom is 0.315 e. The van der Waals surface area contributed by atoms with Crippen LogP contribution < -0.4 is 10.6 Å². The van der Waals surface area contributed by atoms with Crippen molar-refractivity contribution in [3.63, 3.8) is 0 Å². The van der Waals surface area contributed by atoms with Crippen molar-refractivity contribution in [1.29, 1.82) is 0 Å². The topological polar surface area (TPSA) is 64.6 Å². The molecule has 0 aromatic heterocycles. The summed E-state index contributed by atoms with van der Waals surface area (Å²) in [5.41, 5.74) is 2.36. The number of halogens is 1. The number of hydrogen-bond acceptors (Lipinski definition) is 3. The van der Waals surface area contributed by atoms with Crippen molar-refractivity contribution < 1.29 is 14.3 Å². The molecule has 4 bridgehead atoms. The van der Waals surface area contributed by atoms with E-state index >= 15 is 0 Å². The first-order valence-electron chi connectivity index (χ1n) is 15.2. The van der Waals surface area contributed by atoms with Crippen LogP contribution in [0.2, 0.25) is 0 Å². The molecule has 1 heterocycles. The number of aliphatic hydroxyl groups excluding tert-OH is 1. The molecular weight excluding hydrogens is 489 g/mol. The smallest absolute Gasteiger partial charge is 0.315 e. The summed E-state index contributed by atoms with van der Waals surface area (Å²) in [5.74, 6) is 2.71. The Morgan fingerprint density at radius 1 is 0.923 bits per heavy atom. The Bertz CT molecular complexity index is 1060. The highest BCUT2D eigenvalue weighted by atomic mass is 19.1. The van der Waals surface area contributed by atoms with E-state index in [1.165, 1.54) is 30.4 Å². The van der Waals surface area contributed by atoms with E-state index in [4.69, 9.17) is 0 Å². The zero-order valence-electron chi connectivity index (χ0n) is 23.0. The van der Waals surface area contributed by atoms with Gasteiger partial charge in [0.15, 0.2) is 0 Å². The van der Waals surface area contributed by atoms with Crippen LogP contribution in [0.3, 0.4) is 0 Å². The molecule has 2 aromatic carbocycles. The minimum absolute atomic E-state index is 0.0281. The fraction of sp³-hybridized carbons (Fsp3) is 0.606. The summed E-state index contributed by atoms with van der Waals surface area (Å²) >= 11 is 0. The van der Waals surface area contributed by atoms with E-state index in [1.807, 2.05) is 30.3 Å². The maximum absolute atomic E-state index is 13.3. The lowest BCUT2D eigenvalue weighted by Crippen LogP contribution is -2.62. The third-order valence-corrected chi connectivity index (χ3v) is 10.2. The van der Waals surface area contributed by atoms with Crippen molar-refractivity contribution in [1.82, 2.24) is 15.5 Å². The number of likely N-dealkylation sites (tertiary alicyclic amines) is 1. The molecule has 210 valence electrons. The Hall–Kier alpha value is -2.44. The van der Waals surface area contributed by atoms with E-state index in [2.05, 4.69) is 27.7 Å². The molecule has 7 rings (SSSR count). The lowest BCUT2D eigenvalue weighted by molar-refractivity contribution is -0.0140. The number of benzene rings is 2. The van der Waals surface area contributed by atoms with E-state index < -0.39 is 6.10 Å². The van der Waals surface area contributed by atoms with Crippen molar-refractivity contribution in [2.45, 2.75) is 81.9 Å². The number of hydrogen-bond donors (Lipinski definition) is 3. The summed E-state index contributed by atoms with van der Waals surface area (Å²) in [7, 11) is 0. The number of piperidine rings is 1. The first kappa shape index (κ1) is 26.8. The first-order valence-corrected chi connectivity index (χ1v) is 15.2. The van der Waals surface area contributed by atoms with Gasteiger partial charge in [-0.05, 0) is 124 Å². The molecule has 1 saturated heterocycles. The quantitative estimate of drug-likeness (QED) is 0.409. The fourth-order valence-corrected chi connectivity index (χ4v) is 8.69. The molecule has 1 aliphatic heterocycles. The Labute approximate surface area is 232 Å². The van der Waals surface area contributed by atoms with Crippen LogP contribution in [0.1, 0.15) is 62.5 Å². The van der Waals surface area contributed by atoms with E-state index in [1.54, 1.807) is 12.1 Å². The molecule has 2 unspecified atom stereocenters. The summed E-state index contributed by atoms with van der Waals surface area (Å²) in [4.78, 5) is 15.5. The van der Waals surface area contributed by atoms with Crippen LogP contribution in [0.5, 0.6) is 0 Å². The lowest BCUT2D eigenvalue weighted by Gasteiger charge is -2.56. The number of carbonyl (C=O) groups is 1. The lowest BCUT2D eigenvalue weighted by atomic mass is 9.53. The van der Waals surface area contributed by atoms with Gasteiger partial charge < -0.3 is 15.7 Å². The molecule has 5 aliphatic rings. The Morgan fingerprint density at radius 3 is 2.15 bits per heavy atom. The highest BCUT2D eigenvalue weighted by molar-refractivity contribution is 5.75. The average Bonchev–Trinajstić information content (AvgIpc) is 2.92. The molecular formula is C33H44FN3O2. The van der Waals surface area contributed by atoms with Gasteiger partial charge in [-0.2, -0.15) is 0 Å². The van der Waals surface area contributed by atoms with Gasteiger partial charge in [0.1, 0.15) is 5.82 Å². The molecule has 39 heavy (non-hydrogen) atoms. The van der Waals surface area contributed by atoms with Crippen molar-refractivity contribution in [2.24, 2.45) is 23.7 Å². The maximum atomic E-state index is 13.3. The molecule has 4 saturated carbocycles. The molecule has 0 spiro atoms. The third-order valence-electron chi connectivity index (χ3n) is 10.2. The van der Waals surface area contributed by atoms with Crippen LogP contribution in [0, 0.1) is 29.5 Å². The van der Waals surface area contributed by atoms with Crippen LogP contribution in [0.25, 0.3) is 0 Å². The highest BCUT2D eigenvalue weighted by Crippen LogP contribution is 2.55. The number of aliphatic hydroxyl groups is 1. The molecule has 3 N–H and O–H groups in total. The Balaban J connectivity index is 1.05. The normalized spacial score (nSPS) is 30.2. The molecule has 0 radical (unpaired) electrons. The summed E-state index contributed by atoms with van der Waals surface area (Å²) in [6.07, 6.45) is 10.6. The zero-order valence-corrected chi connectivity index (χ0v) is 23.0. The van der Waals surface area contributed by atoms with Gasteiger partial charge in [0, 0.05) is 18.1 Å². The number of rotatable bonds is 9. The fourth-order valence-electron chi connectivity index (χ4n) is 8.69. The predicted octanol–water partition coefficient (Wildman–Crippen LogP) is 5.32. The molecule has 4 aliphatic carbocycles. The Morgan fingerprint density at radius 2 is 1.54 bits per heavy atom.